The molecule has 108 valence electrons. The number of nitrogens with one attached hydrogen (secondary N) is 1. The van der Waals surface area contributed by atoms with Gasteiger partial charge in [0, 0.05) is 23.7 Å². The molecule has 0 aromatic carbocycles. The van der Waals surface area contributed by atoms with Gasteiger partial charge in [0.15, 0.2) is 0 Å². The second kappa shape index (κ2) is 7.36. The Balaban J connectivity index is 1.94. The third kappa shape index (κ3) is 4.26. The van der Waals surface area contributed by atoms with Crippen molar-refractivity contribution >= 4 is 11.3 Å². The van der Waals surface area contributed by atoms with Crippen LogP contribution < -0.4 is 5.32 Å². The van der Waals surface area contributed by atoms with Crippen LogP contribution in [0.2, 0.25) is 0 Å². The van der Waals surface area contributed by atoms with Gasteiger partial charge in [-0.2, -0.15) is 0 Å². The first-order valence-corrected chi connectivity index (χ1v) is 8.43. The highest BCUT2D eigenvalue weighted by Crippen LogP contribution is 2.18. The summed E-state index contributed by atoms with van der Waals surface area (Å²) >= 11 is 1.88. The lowest BCUT2D eigenvalue weighted by Gasteiger charge is -2.27. The van der Waals surface area contributed by atoms with Crippen LogP contribution in [-0.4, -0.2) is 35.6 Å². The number of hydrogen-bond acceptors (Lipinski definition) is 4. The van der Waals surface area contributed by atoms with Gasteiger partial charge in [-0.25, -0.2) is 4.98 Å². The molecule has 0 aliphatic carbocycles. The van der Waals surface area contributed by atoms with Gasteiger partial charge in [0.05, 0.1) is 6.54 Å². The second-order valence-corrected chi connectivity index (χ2v) is 6.81. The van der Waals surface area contributed by atoms with Crippen LogP contribution in [-0.2, 0) is 13.0 Å². The van der Waals surface area contributed by atoms with E-state index in [1.807, 2.05) is 17.5 Å². The maximum atomic E-state index is 4.56. The minimum absolute atomic E-state index is 0.637. The van der Waals surface area contributed by atoms with Crippen molar-refractivity contribution < 1.29 is 0 Å². The van der Waals surface area contributed by atoms with Crippen molar-refractivity contribution in [2.75, 3.05) is 19.6 Å². The number of hydrogen-bond donors (Lipinski definition) is 1. The maximum absolute atomic E-state index is 4.56. The molecule has 0 bridgehead atoms. The molecule has 1 N–H and O–H groups in total. The summed E-state index contributed by atoms with van der Waals surface area (Å²) in [4.78, 5) is 8.54. The smallest absolute Gasteiger partial charge is 0.107 e. The van der Waals surface area contributed by atoms with E-state index in [9.17, 15) is 0 Å². The Kier molecular flexibility index (Phi) is 5.79. The van der Waals surface area contributed by atoms with E-state index < -0.39 is 0 Å². The summed E-state index contributed by atoms with van der Waals surface area (Å²) in [7, 11) is 0. The van der Waals surface area contributed by atoms with Crippen LogP contribution in [0.5, 0.6) is 0 Å². The lowest BCUT2D eigenvalue weighted by atomic mass is 9.99. The molecule has 1 aliphatic heterocycles. The number of aryl methyl sites for hydroxylation is 1. The molecule has 1 aromatic rings. The molecule has 2 rings (SSSR count). The van der Waals surface area contributed by atoms with Crippen LogP contribution in [0.25, 0.3) is 0 Å². The molecule has 0 saturated carbocycles. The zero-order valence-electron chi connectivity index (χ0n) is 12.5. The summed E-state index contributed by atoms with van der Waals surface area (Å²) in [5.41, 5.74) is 0. The Morgan fingerprint density at radius 1 is 1.53 bits per heavy atom. The Hall–Kier alpha value is -0.450. The van der Waals surface area contributed by atoms with Gasteiger partial charge in [-0.15, -0.1) is 11.3 Å². The summed E-state index contributed by atoms with van der Waals surface area (Å²) in [5, 5.41) is 4.99. The Morgan fingerprint density at radius 3 is 3.05 bits per heavy atom. The van der Waals surface area contributed by atoms with E-state index in [1.165, 1.54) is 29.3 Å². The van der Waals surface area contributed by atoms with E-state index in [0.29, 0.717) is 6.04 Å². The molecule has 1 aromatic heterocycles. The molecule has 0 spiro atoms. The van der Waals surface area contributed by atoms with Crippen molar-refractivity contribution in [1.29, 1.82) is 0 Å². The first kappa shape index (κ1) is 14.9. The van der Waals surface area contributed by atoms with Crippen molar-refractivity contribution in [3.63, 3.8) is 0 Å². The third-order valence-corrected chi connectivity index (χ3v) is 5.28. The minimum atomic E-state index is 0.637. The topological polar surface area (TPSA) is 28.2 Å². The highest BCUT2D eigenvalue weighted by molar-refractivity contribution is 7.11. The van der Waals surface area contributed by atoms with Gasteiger partial charge in [0.25, 0.3) is 0 Å². The lowest BCUT2D eigenvalue weighted by molar-refractivity contribution is 0.231. The lowest BCUT2D eigenvalue weighted by Crippen LogP contribution is -2.41. The Morgan fingerprint density at radius 2 is 2.37 bits per heavy atom. The van der Waals surface area contributed by atoms with E-state index in [2.05, 4.69) is 36.0 Å². The summed E-state index contributed by atoms with van der Waals surface area (Å²) in [5.74, 6) is 0.753. The van der Waals surface area contributed by atoms with E-state index in [0.717, 1.165) is 32.0 Å². The molecule has 4 heteroatoms. The maximum Gasteiger partial charge on any atom is 0.107 e. The monoisotopic (exact) mass is 281 g/mol. The molecule has 2 unspecified atom stereocenters. The Labute approximate surface area is 121 Å². The zero-order chi connectivity index (χ0) is 13.7. The predicted octanol–water partition coefficient (Wildman–Crippen LogP) is 2.92. The molecule has 1 saturated heterocycles. The van der Waals surface area contributed by atoms with Crippen molar-refractivity contribution in [1.82, 2.24) is 15.2 Å². The third-order valence-electron chi connectivity index (χ3n) is 4.15. The molecule has 2 atom stereocenters. The number of nitrogens with zero attached hydrogens (tertiary/aromatic N) is 2. The quantitative estimate of drug-likeness (QED) is 0.899. The number of rotatable bonds is 5. The predicted molar refractivity (Wildman–Crippen MR) is 82.6 cm³/mol. The van der Waals surface area contributed by atoms with Crippen LogP contribution in [0.15, 0.2) is 6.20 Å². The molecular formula is C15H27N3S. The normalized spacial score (nSPS) is 23.2. The summed E-state index contributed by atoms with van der Waals surface area (Å²) in [6.45, 7) is 11.4. The highest BCUT2D eigenvalue weighted by atomic mass is 32.1. The minimum Gasteiger partial charge on any atom is -0.312 e. The van der Waals surface area contributed by atoms with Crippen LogP contribution in [0.1, 0.15) is 43.5 Å². The summed E-state index contributed by atoms with van der Waals surface area (Å²) in [6.07, 6.45) is 5.65. The first-order valence-electron chi connectivity index (χ1n) is 7.62. The molecule has 1 fully saturated rings. The Bertz CT molecular complexity index is 377. The molecule has 1 aliphatic rings. The van der Waals surface area contributed by atoms with Gasteiger partial charge >= 0.3 is 0 Å². The van der Waals surface area contributed by atoms with Gasteiger partial charge in [-0.3, -0.25) is 4.90 Å². The molecule has 2 heterocycles. The van der Waals surface area contributed by atoms with Gasteiger partial charge in [0.1, 0.15) is 5.01 Å². The van der Waals surface area contributed by atoms with Gasteiger partial charge in [-0.1, -0.05) is 27.2 Å². The van der Waals surface area contributed by atoms with Crippen molar-refractivity contribution in [2.45, 2.75) is 52.6 Å². The SMILES string of the molecule is CCc1cnc(CN2CCCNC(C(C)CC)C2)s1. The number of aromatic nitrogens is 1. The fraction of sp³-hybridized carbons (Fsp3) is 0.800. The fourth-order valence-corrected chi connectivity index (χ4v) is 3.51. The van der Waals surface area contributed by atoms with Crippen LogP contribution >= 0.6 is 11.3 Å². The summed E-state index contributed by atoms with van der Waals surface area (Å²) in [6, 6.07) is 0.637. The van der Waals surface area contributed by atoms with Crippen LogP contribution in [0.3, 0.4) is 0 Å². The second-order valence-electron chi connectivity index (χ2n) is 5.61. The van der Waals surface area contributed by atoms with Crippen LogP contribution in [0, 0.1) is 5.92 Å². The van der Waals surface area contributed by atoms with E-state index in [1.54, 1.807) is 0 Å². The summed E-state index contributed by atoms with van der Waals surface area (Å²) < 4.78 is 0. The van der Waals surface area contributed by atoms with E-state index in [-0.39, 0.29) is 0 Å². The average Bonchev–Trinajstić information content (AvgIpc) is 2.75. The molecule has 0 amide bonds. The van der Waals surface area contributed by atoms with Crippen molar-refractivity contribution in [2.24, 2.45) is 5.92 Å². The van der Waals surface area contributed by atoms with Crippen molar-refractivity contribution in [3.8, 4) is 0 Å². The first-order chi connectivity index (χ1) is 9.22. The molecular weight excluding hydrogens is 254 g/mol. The van der Waals surface area contributed by atoms with E-state index in [4.69, 9.17) is 0 Å². The standard InChI is InChI=1S/C15H27N3S/c1-4-12(3)14-10-18(8-6-7-16-14)11-15-17-9-13(5-2)19-15/h9,12,14,16H,4-8,10-11H2,1-3H3. The van der Waals surface area contributed by atoms with E-state index >= 15 is 0 Å². The highest BCUT2D eigenvalue weighted by Gasteiger charge is 2.22. The molecule has 19 heavy (non-hydrogen) atoms. The molecule has 0 radical (unpaired) electrons. The van der Waals surface area contributed by atoms with Gasteiger partial charge in [0.2, 0.25) is 0 Å². The fourth-order valence-electron chi connectivity index (χ4n) is 2.61. The van der Waals surface area contributed by atoms with Crippen LogP contribution in [0.4, 0.5) is 0 Å². The average molecular weight is 281 g/mol. The van der Waals surface area contributed by atoms with Gasteiger partial charge < -0.3 is 5.32 Å². The number of thiazole rings is 1. The molecule has 3 nitrogen and oxygen atoms in total. The van der Waals surface area contributed by atoms with Crippen molar-refractivity contribution in [3.05, 3.63) is 16.1 Å². The largest absolute Gasteiger partial charge is 0.312 e. The van der Waals surface area contributed by atoms with Gasteiger partial charge in [-0.05, 0) is 31.8 Å². The zero-order valence-corrected chi connectivity index (χ0v) is 13.3.